The van der Waals surface area contributed by atoms with Gasteiger partial charge in [-0.25, -0.2) is 0 Å². The van der Waals surface area contributed by atoms with Crippen LogP contribution < -0.4 is 0 Å². The van der Waals surface area contributed by atoms with Gasteiger partial charge in [0.25, 0.3) is 10.1 Å². The van der Waals surface area contributed by atoms with Crippen LogP contribution in [0.1, 0.15) is 6.42 Å². The van der Waals surface area contributed by atoms with Crippen LogP contribution >= 0.6 is 0 Å². The first-order chi connectivity index (χ1) is 20.9. The largest absolute Gasteiger partial charge is 0.460 e. The zero-order valence-electron chi connectivity index (χ0n) is 21.4. The van der Waals surface area contributed by atoms with Crippen molar-refractivity contribution >= 4 is 10.1 Å². The van der Waals surface area contributed by atoms with Crippen LogP contribution in [0.25, 0.3) is 0 Å². The van der Waals surface area contributed by atoms with E-state index in [0.717, 1.165) is 0 Å². The molecule has 0 spiro atoms. The molecular formula is C16H5F29O4S. The molecule has 1 unspecified atom stereocenters. The van der Waals surface area contributed by atoms with Gasteiger partial charge in [0, 0.05) is 0 Å². The number of hydrogen-bond acceptors (Lipinski definition) is 3. The molecule has 1 atom stereocenters. The molecule has 0 radical (unpaired) electrons. The lowest BCUT2D eigenvalue weighted by atomic mass is 9.83. The lowest BCUT2D eigenvalue weighted by molar-refractivity contribution is -0.487. The summed E-state index contributed by atoms with van der Waals surface area (Å²) in [6, 6.07) is 0. The van der Waals surface area contributed by atoms with Gasteiger partial charge < -0.3 is 5.11 Å². The molecule has 302 valence electrons. The Bertz CT molecular complexity index is 1360. The minimum absolute atomic E-state index is 4.09. The average molecular weight is 844 g/mol. The fraction of sp³-hybridized carbons (Fsp3) is 1.00. The minimum atomic E-state index is -10.0. The number of rotatable bonds is 15. The van der Waals surface area contributed by atoms with Crippen LogP contribution in [0.2, 0.25) is 0 Å². The molecule has 0 amide bonds. The summed E-state index contributed by atoms with van der Waals surface area (Å²) in [6.07, 6.45) is -12.4. The molecule has 0 aromatic heterocycles. The van der Waals surface area contributed by atoms with Gasteiger partial charge in [-0.05, 0) is 0 Å². The highest BCUT2D eigenvalue weighted by atomic mass is 32.2. The van der Waals surface area contributed by atoms with Crippen molar-refractivity contribution in [1.82, 2.24) is 0 Å². The van der Waals surface area contributed by atoms with Crippen molar-refractivity contribution in [3.05, 3.63) is 0 Å². The first-order valence-electron chi connectivity index (χ1n) is 10.5. The zero-order valence-corrected chi connectivity index (χ0v) is 22.2. The molecule has 0 heterocycles. The molecule has 0 saturated carbocycles. The minimum Gasteiger partial charge on any atom is -0.375 e. The summed E-state index contributed by atoms with van der Waals surface area (Å²) in [6.45, 7) is 0. The Kier molecular flexibility index (Phi) is 11.2. The summed E-state index contributed by atoms with van der Waals surface area (Å²) < 4.78 is 417. The van der Waals surface area contributed by atoms with Gasteiger partial charge in [0.15, 0.2) is 5.44 Å². The van der Waals surface area contributed by atoms with Crippen LogP contribution in [0.5, 0.6) is 0 Å². The summed E-state index contributed by atoms with van der Waals surface area (Å²) in [5, 5.41) is 8.51. The molecule has 0 aliphatic carbocycles. The van der Waals surface area contributed by atoms with Gasteiger partial charge in [-0.3, -0.25) is 4.55 Å². The highest BCUT2D eigenvalue weighted by Gasteiger charge is 3.00. The van der Waals surface area contributed by atoms with Crippen molar-refractivity contribution < 1.29 is 145 Å². The lowest BCUT2D eigenvalue weighted by Crippen LogP contribution is -2.79. The zero-order chi connectivity index (χ0) is 41.8. The first-order valence-corrected chi connectivity index (χ1v) is 12.0. The smallest absolute Gasteiger partial charge is 0.375 e. The maximum atomic E-state index is 13.8. The fourth-order valence-electron chi connectivity index (χ4n) is 2.83. The molecule has 2 N–H and O–H groups in total. The molecule has 0 aliphatic heterocycles. The number of hydrogen-bond donors (Lipinski definition) is 2. The molecule has 0 fully saturated rings. The van der Waals surface area contributed by atoms with Crippen LogP contribution in [0, 0.1) is 0 Å². The number of aliphatic hydroxyl groups excluding tert-OH is 1. The van der Waals surface area contributed by atoms with E-state index in [-0.39, 0.29) is 0 Å². The van der Waals surface area contributed by atoms with Gasteiger partial charge in [-0.2, -0.15) is 136 Å². The maximum Gasteiger partial charge on any atom is 0.460 e. The van der Waals surface area contributed by atoms with E-state index in [1.54, 1.807) is 0 Å². The van der Waals surface area contributed by atoms with E-state index in [1.165, 1.54) is 0 Å². The third kappa shape index (κ3) is 5.82. The molecule has 50 heavy (non-hydrogen) atoms. The maximum absolute atomic E-state index is 13.8. The monoisotopic (exact) mass is 844 g/mol. The fourth-order valence-corrected chi connectivity index (χ4v) is 3.25. The van der Waals surface area contributed by atoms with E-state index in [4.69, 9.17) is 9.66 Å². The third-order valence-electron chi connectivity index (χ3n) is 5.93. The SMILES string of the molecule is O=S(=O)(O)C(O)CC(F)(F)C(F)(F)C(F)(F)C(F)(F)C(F)(F)C(F)(F)C(F)(F)C(F)(F)C(F)(F)C(F)(F)C(F)(F)C(F)(F)C(F)(F)C(F)(F)F. The topological polar surface area (TPSA) is 74.6 Å². The summed E-state index contributed by atoms with van der Waals surface area (Å²) in [5.74, 6) is -123. The van der Waals surface area contributed by atoms with Crippen molar-refractivity contribution in [2.45, 2.75) is 95.0 Å². The first kappa shape index (κ1) is 47.8. The third-order valence-corrected chi connectivity index (χ3v) is 6.78. The van der Waals surface area contributed by atoms with Crippen molar-refractivity contribution in [2.75, 3.05) is 0 Å². The quantitative estimate of drug-likeness (QED) is 0.128. The summed E-state index contributed by atoms with van der Waals surface area (Å²) in [7, 11) is -6.60. The molecule has 4 nitrogen and oxygen atoms in total. The highest BCUT2D eigenvalue weighted by Crippen LogP contribution is 2.69. The van der Waals surface area contributed by atoms with Crippen LogP contribution in [0.3, 0.4) is 0 Å². The molecule has 0 aliphatic rings. The van der Waals surface area contributed by atoms with E-state index in [9.17, 15) is 136 Å². The standard InChI is InChI=1S/C16H5F29O4S/c17-3(18,1-2(46)50(47,48)49)4(19,20)5(21,22)6(23,24)7(25,26)8(27,28)9(29,30)10(31,32)11(33,34)12(35,36)13(37,38)14(39,40)15(41,42)16(43,44)45/h2,46H,1H2,(H,47,48,49). The van der Waals surface area contributed by atoms with Crippen molar-refractivity contribution in [2.24, 2.45) is 0 Å². The normalized spacial score (nSPS) is 17.7. The van der Waals surface area contributed by atoms with E-state index in [1.807, 2.05) is 0 Å². The number of halogens is 29. The van der Waals surface area contributed by atoms with Gasteiger partial charge in [-0.15, -0.1) is 0 Å². The summed E-state index contributed by atoms with van der Waals surface area (Å²) >= 11 is 0. The van der Waals surface area contributed by atoms with Crippen molar-refractivity contribution in [3.8, 4) is 0 Å². The van der Waals surface area contributed by atoms with Crippen LogP contribution in [0.4, 0.5) is 127 Å². The predicted octanol–water partition coefficient (Wildman–Crippen LogP) is 8.40. The highest BCUT2D eigenvalue weighted by molar-refractivity contribution is 7.86. The second kappa shape index (κ2) is 11.7. The Morgan fingerprint density at radius 3 is 0.660 bits per heavy atom. The lowest BCUT2D eigenvalue weighted by Gasteiger charge is -2.46. The van der Waals surface area contributed by atoms with E-state index in [2.05, 4.69) is 0 Å². The van der Waals surface area contributed by atoms with Crippen LogP contribution in [-0.4, -0.2) is 107 Å². The molecule has 0 saturated heterocycles. The number of aliphatic hydroxyl groups is 1. The summed E-state index contributed by atoms with van der Waals surface area (Å²) in [4.78, 5) is 0. The molecule has 0 aromatic carbocycles. The molecule has 0 bridgehead atoms. The van der Waals surface area contributed by atoms with Gasteiger partial charge in [0.1, 0.15) is 0 Å². The van der Waals surface area contributed by atoms with Gasteiger partial charge >= 0.3 is 83.2 Å². The second-order valence-electron chi connectivity index (χ2n) is 9.27. The molecule has 0 rings (SSSR count). The molecule has 34 heteroatoms. The van der Waals surface area contributed by atoms with Crippen molar-refractivity contribution in [3.63, 3.8) is 0 Å². The molecular weight excluding hydrogens is 839 g/mol. The van der Waals surface area contributed by atoms with E-state index in [0.29, 0.717) is 0 Å². The number of alkyl halides is 29. The van der Waals surface area contributed by atoms with E-state index < -0.39 is 105 Å². The van der Waals surface area contributed by atoms with Gasteiger partial charge in [0.05, 0.1) is 6.42 Å². The summed E-state index contributed by atoms with van der Waals surface area (Å²) in [5.41, 5.74) is -4.57. The second-order valence-corrected chi connectivity index (χ2v) is 10.8. The van der Waals surface area contributed by atoms with Crippen LogP contribution in [-0.2, 0) is 10.1 Å². The average Bonchev–Trinajstić information content (AvgIpc) is 2.85. The van der Waals surface area contributed by atoms with Crippen LogP contribution in [0.15, 0.2) is 0 Å². The predicted molar refractivity (Wildman–Crippen MR) is 92.5 cm³/mol. The van der Waals surface area contributed by atoms with Gasteiger partial charge in [0.2, 0.25) is 0 Å². The van der Waals surface area contributed by atoms with E-state index >= 15 is 0 Å². The Hall–Kier alpha value is -2.16. The Labute approximate surface area is 251 Å². The Morgan fingerprint density at radius 1 is 0.340 bits per heavy atom. The Morgan fingerprint density at radius 2 is 0.500 bits per heavy atom. The van der Waals surface area contributed by atoms with Gasteiger partial charge in [-0.1, -0.05) is 0 Å². The molecule has 0 aromatic rings. The Balaban J connectivity index is 7.56. The van der Waals surface area contributed by atoms with Crippen molar-refractivity contribution in [1.29, 1.82) is 0 Å².